The van der Waals surface area contributed by atoms with Gasteiger partial charge in [-0.25, -0.2) is 9.59 Å². The summed E-state index contributed by atoms with van der Waals surface area (Å²) in [5.41, 5.74) is -0.0162. The van der Waals surface area contributed by atoms with E-state index in [1.807, 2.05) is 0 Å². The summed E-state index contributed by atoms with van der Waals surface area (Å²) in [6, 6.07) is 0. The Morgan fingerprint density at radius 2 is 1.47 bits per heavy atom. The van der Waals surface area contributed by atoms with Crippen LogP contribution >= 0.6 is 0 Å². The fraction of sp³-hybridized carbons (Fsp3) is 0.556. The second-order valence-corrected chi connectivity index (χ2v) is 3.01. The van der Waals surface area contributed by atoms with Crippen LogP contribution < -0.4 is 0 Å². The van der Waals surface area contributed by atoms with Gasteiger partial charge in [0, 0.05) is 70.3 Å². The summed E-state index contributed by atoms with van der Waals surface area (Å²) in [6.45, 7) is 4.97. The van der Waals surface area contributed by atoms with E-state index in [0.29, 0.717) is 0 Å². The average Bonchev–Trinajstić information content (AvgIpc) is 1.97. The van der Waals surface area contributed by atoms with E-state index in [-0.39, 0.29) is 82.6 Å². The number of carboxylic acids is 2. The Hall–Kier alpha value is 0.680. The molecule has 0 aromatic rings. The smallest absolute Gasteiger partial charge is 0.332 e. The summed E-state index contributed by atoms with van der Waals surface area (Å²) in [4.78, 5) is 21.4. The molecule has 4 nitrogen and oxygen atoms in total. The van der Waals surface area contributed by atoms with Crippen molar-refractivity contribution in [3.05, 3.63) is 11.1 Å². The number of hydrogen-bond donors (Lipinski definition) is 2. The van der Waals surface area contributed by atoms with Gasteiger partial charge in [-0.15, -0.1) is 0 Å². The number of aliphatic carboxylic acids is 2. The van der Waals surface area contributed by atoms with Gasteiger partial charge in [0.05, 0.1) is 0 Å². The standard InChI is InChI=1S/C9H14O4.2Na/c1-4-6(8(10)11)7(5(2)3)9(12)13;;/h5H,4H2,1-3H3,(H,10,11)(H,12,13);;. The van der Waals surface area contributed by atoms with Gasteiger partial charge in [-0.1, -0.05) is 20.8 Å². The summed E-state index contributed by atoms with van der Waals surface area (Å²) in [5.74, 6) is -2.56. The Kier molecular flexibility index (Phi) is 13.8. The second-order valence-electron chi connectivity index (χ2n) is 3.01. The van der Waals surface area contributed by atoms with Crippen molar-refractivity contribution in [3.63, 3.8) is 0 Å². The third-order valence-electron chi connectivity index (χ3n) is 1.74. The Morgan fingerprint density at radius 1 is 1.07 bits per heavy atom. The van der Waals surface area contributed by atoms with Crippen molar-refractivity contribution in [2.24, 2.45) is 5.92 Å². The third kappa shape index (κ3) is 6.76. The molecule has 0 saturated heterocycles. The number of carboxylic acid groups (broad SMARTS) is 2. The van der Waals surface area contributed by atoms with Crippen molar-refractivity contribution in [2.75, 3.05) is 0 Å². The zero-order chi connectivity index (χ0) is 10.6. The molecule has 0 fully saturated rings. The van der Waals surface area contributed by atoms with Crippen LogP contribution in [0.1, 0.15) is 27.2 Å². The molecule has 0 aromatic heterocycles. The molecule has 0 amide bonds. The maximum absolute atomic E-state index is 10.7. The van der Waals surface area contributed by atoms with E-state index in [0.717, 1.165) is 0 Å². The molecule has 0 spiro atoms. The molecule has 0 bridgehead atoms. The van der Waals surface area contributed by atoms with Crippen LogP contribution in [0, 0.1) is 5.92 Å². The molecule has 0 aliphatic heterocycles. The summed E-state index contributed by atoms with van der Waals surface area (Å²) < 4.78 is 0. The van der Waals surface area contributed by atoms with E-state index in [2.05, 4.69) is 0 Å². The van der Waals surface area contributed by atoms with Crippen molar-refractivity contribution >= 4 is 71.1 Å². The first-order valence-electron chi connectivity index (χ1n) is 4.11. The van der Waals surface area contributed by atoms with E-state index in [1.54, 1.807) is 20.8 Å². The third-order valence-corrected chi connectivity index (χ3v) is 1.74. The van der Waals surface area contributed by atoms with Crippen LogP contribution in [-0.2, 0) is 9.59 Å². The van der Waals surface area contributed by atoms with Crippen molar-refractivity contribution < 1.29 is 19.8 Å². The molecule has 6 heteroatoms. The van der Waals surface area contributed by atoms with Gasteiger partial charge >= 0.3 is 11.9 Å². The van der Waals surface area contributed by atoms with Gasteiger partial charge in [0.1, 0.15) is 0 Å². The van der Waals surface area contributed by atoms with Gasteiger partial charge in [-0.2, -0.15) is 0 Å². The minimum atomic E-state index is -1.14. The first kappa shape index (κ1) is 21.0. The molecule has 2 N–H and O–H groups in total. The van der Waals surface area contributed by atoms with Crippen LogP contribution in [0.5, 0.6) is 0 Å². The second kappa shape index (κ2) is 9.87. The van der Waals surface area contributed by atoms with Gasteiger partial charge in [0.25, 0.3) is 0 Å². The van der Waals surface area contributed by atoms with Gasteiger partial charge < -0.3 is 10.2 Å². The SMILES string of the molecule is CCC(C(=O)O)=C(C(=O)O)C(C)C.[Na].[Na]. The zero-order valence-electron chi connectivity index (χ0n) is 10.00. The minimum absolute atomic E-state index is 0. The van der Waals surface area contributed by atoms with E-state index >= 15 is 0 Å². The largest absolute Gasteiger partial charge is 0.478 e. The predicted octanol–water partition coefficient (Wildman–Crippen LogP) is 0.757. The molecule has 0 aliphatic rings. The van der Waals surface area contributed by atoms with E-state index in [1.165, 1.54) is 0 Å². The molecule has 2 radical (unpaired) electrons. The predicted molar refractivity (Wildman–Crippen MR) is 58.9 cm³/mol. The Labute approximate surface area is 134 Å². The average molecular weight is 232 g/mol. The molecule has 76 valence electrons. The quantitative estimate of drug-likeness (QED) is 0.554. The van der Waals surface area contributed by atoms with Crippen LogP contribution in [-0.4, -0.2) is 81.3 Å². The van der Waals surface area contributed by atoms with Crippen LogP contribution in [0.25, 0.3) is 0 Å². The van der Waals surface area contributed by atoms with Gasteiger partial charge in [-0.05, 0) is 12.3 Å². The van der Waals surface area contributed by atoms with E-state index in [4.69, 9.17) is 10.2 Å². The molecule has 0 unspecified atom stereocenters. The number of hydrogen-bond acceptors (Lipinski definition) is 2. The van der Waals surface area contributed by atoms with E-state index in [9.17, 15) is 9.59 Å². The molecular formula is C9H14Na2O4. The molecule has 0 aliphatic carbocycles. The minimum Gasteiger partial charge on any atom is -0.478 e. The summed E-state index contributed by atoms with van der Waals surface area (Å²) >= 11 is 0. The summed E-state index contributed by atoms with van der Waals surface area (Å²) in [6.07, 6.45) is 0.231. The molecule has 0 heterocycles. The number of carbonyl (C=O) groups is 2. The Balaban J connectivity index is -0.000000720. The molecule has 15 heavy (non-hydrogen) atoms. The van der Waals surface area contributed by atoms with Gasteiger partial charge in [0.15, 0.2) is 0 Å². The molecule has 0 aromatic carbocycles. The summed E-state index contributed by atoms with van der Waals surface area (Å²) in [5, 5.41) is 17.5. The van der Waals surface area contributed by atoms with Crippen molar-refractivity contribution in [1.82, 2.24) is 0 Å². The molecular weight excluding hydrogens is 218 g/mol. The Bertz CT molecular complexity index is 259. The van der Waals surface area contributed by atoms with Crippen molar-refractivity contribution in [3.8, 4) is 0 Å². The van der Waals surface area contributed by atoms with Crippen molar-refractivity contribution in [2.45, 2.75) is 27.2 Å². The fourth-order valence-corrected chi connectivity index (χ4v) is 1.18. The number of rotatable bonds is 4. The topological polar surface area (TPSA) is 74.6 Å². The monoisotopic (exact) mass is 232 g/mol. The summed E-state index contributed by atoms with van der Waals surface area (Å²) in [7, 11) is 0. The molecule has 0 atom stereocenters. The molecule has 0 rings (SSSR count). The van der Waals surface area contributed by atoms with E-state index < -0.39 is 11.9 Å². The zero-order valence-corrected chi connectivity index (χ0v) is 14.0. The van der Waals surface area contributed by atoms with Crippen molar-refractivity contribution in [1.29, 1.82) is 0 Å². The van der Waals surface area contributed by atoms with Gasteiger partial charge in [0.2, 0.25) is 0 Å². The van der Waals surface area contributed by atoms with Crippen LogP contribution in [0.15, 0.2) is 11.1 Å². The fourth-order valence-electron chi connectivity index (χ4n) is 1.18. The van der Waals surface area contributed by atoms with Gasteiger partial charge in [-0.3, -0.25) is 0 Å². The van der Waals surface area contributed by atoms with Crippen LogP contribution in [0.3, 0.4) is 0 Å². The first-order chi connectivity index (χ1) is 5.91. The maximum Gasteiger partial charge on any atom is 0.332 e. The maximum atomic E-state index is 10.7. The van der Waals surface area contributed by atoms with Crippen LogP contribution in [0.4, 0.5) is 0 Å². The van der Waals surface area contributed by atoms with Crippen LogP contribution in [0.2, 0.25) is 0 Å². The normalized spacial score (nSPS) is 10.9. The Morgan fingerprint density at radius 3 is 1.53 bits per heavy atom. The first-order valence-corrected chi connectivity index (χ1v) is 4.11. The molecule has 0 saturated carbocycles.